The van der Waals surface area contributed by atoms with E-state index in [1.54, 1.807) is 0 Å². The fraction of sp³-hybridized carbons (Fsp3) is 0.400. The van der Waals surface area contributed by atoms with Gasteiger partial charge >= 0.3 is 12.4 Å². The number of hydrogen-bond donors (Lipinski definition) is 1. The SMILES string of the molecule is O=C(c1cc2c(c3ccccc13)NC1(CCCCC1)N=C2C(F)(F)F)C(F)(F)F. The summed E-state index contributed by atoms with van der Waals surface area (Å²) < 4.78 is 80.9. The second-order valence-electron chi connectivity index (χ2n) is 7.39. The lowest BCUT2D eigenvalue weighted by Crippen LogP contribution is -2.45. The van der Waals surface area contributed by atoms with Crippen molar-refractivity contribution in [2.75, 3.05) is 5.32 Å². The maximum absolute atomic E-state index is 13.9. The van der Waals surface area contributed by atoms with Gasteiger partial charge in [-0.25, -0.2) is 0 Å². The summed E-state index contributed by atoms with van der Waals surface area (Å²) in [6, 6.07) is 6.36. The molecule has 0 aromatic heterocycles. The fourth-order valence-electron chi connectivity index (χ4n) is 4.16. The molecule has 2 aliphatic rings. The number of nitrogens with one attached hydrogen (secondary N) is 1. The highest BCUT2D eigenvalue weighted by molar-refractivity contribution is 6.21. The lowest BCUT2D eigenvalue weighted by molar-refractivity contribution is -0.0884. The smallest absolute Gasteiger partial charge is 0.360 e. The summed E-state index contributed by atoms with van der Waals surface area (Å²) in [6.07, 6.45) is -7.03. The van der Waals surface area contributed by atoms with Gasteiger partial charge in [0.05, 0.1) is 5.69 Å². The van der Waals surface area contributed by atoms with Gasteiger partial charge in [-0.05, 0) is 37.1 Å². The van der Waals surface area contributed by atoms with Crippen LogP contribution < -0.4 is 5.32 Å². The number of ketones is 1. The molecule has 154 valence electrons. The summed E-state index contributed by atoms with van der Waals surface area (Å²) in [4.78, 5) is 15.9. The minimum Gasteiger partial charge on any atom is -0.360 e. The molecule has 2 aromatic carbocycles. The first kappa shape index (κ1) is 19.7. The van der Waals surface area contributed by atoms with Crippen molar-refractivity contribution in [1.82, 2.24) is 0 Å². The number of hydrogen-bond acceptors (Lipinski definition) is 3. The molecule has 2 aromatic rings. The molecule has 1 aliphatic heterocycles. The third-order valence-corrected chi connectivity index (χ3v) is 5.43. The third-order valence-electron chi connectivity index (χ3n) is 5.43. The molecule has 1 saturated carbocycles. The Morgan fingerprint density at radius 3 is 2.17 bits per heavy atom. The van der Waals surface area contributed by atoms with Crippen LogP contribution in [0.1, 0.15) is 48.0 Å². The van der Waals surface area contributed by atoms with E-state index in [9.17, 15) is 31.1 Å². The summed E-state index contributed by atoms with van der Waals surface area (Å²) >= 11 is 0. The highest BCUT2D eigenvalue weighted by atomic mass is 19.4. The number of nitrogens with zero attached hydrogens (tertiary/aromatic N) is 1. The van der Waals surface area contributed by atoms with Crippen LogP contribution in [0.25, 0.3) is 10.8 Å². The molecule has 0 unspecified atom stereocenters. The number of carbonyl (C=O) groups excluding carboxylic acids is 1. The molecular weight excluding hydrogens is 398 g/mol. The zero-order valence-corrected chi connectivity index (χ0v) is 15.0. The van der Waals surface area contributed by atoms with E-state index in [1.807, 2.05) is 0 Å². The minimum atomic E-state index is -5.21. The van der Waals surface area contributed by atoms with Gasteiger partial charge in [0.25, 0.3) is 5.78 Å². The van der Waals surface area contributed by atoms with Crippen LogP contribution in [0.3, 0.4) is 0 Å². The first-order chi connectivity index (χ1) is 13.5. The van der Waals surface area contributed by atoms with Crippen molar-refractivity contribution in [3.05, 3.63) is 41.5 Å². The van der Waals surface area contributed by atoms with E-state index >= 15 is 0 Å². The number of carbonyl (C=O) groups is 1. The van der Waals surface area contributed by atoms with Crippen LogP contribution in [-0.2, 0) is 0 Å². The lowest BCUT2D eigenvalue weighted by Gasteiger charge is -2.40. The molecule has 1 N–H and O–H groups in total. The van der Waals surface area contributed by atoms with Gasteiger partial charge in [-0.1, -0.05) is 30.7 Å². The molecule has 1 aliphatic carbocycles. The van der Waals surface area contributed by atoms with E-state index in [-0.39, 0.29) is 16.5 Å². The average molecular weight is 414 g/mol. The van der Waals surface area contributed by atoms with Crippen LogP contribution in [0.15, 0.2) is 35.3 Å². The van der Waals surface area contributed by atoms with Gasteiger partial charge in [0.1, 0.15) is 5.66 Å². The van der Waals surface area contributed by atoms with Crippen molar-refractivity contribution in [2.24, 2.45) is 4.99 Å². The first-order valence-corrected chi connectivity index (χ1v) is 9.15. The van der Waals surface area contributed by atoms with Crippen LogP contribution in [0.4, 0.5) is 32.0 Å². The van der Waals surface area contributed by atoms with Crippen LogP contribution in [0, 0.1) is 0 Å². The molecule has 29 heavy (non-hydrogen) atoms. The number of benzene rings is 2. The summed E-state index contributed by atoms with van der Waals surface area (Å²) in [6.45, 7) is 0. The van der Waals surface area contributed by atoms with E-state index in [1.165, 1.54) is 24.3 Å². The predicted octanol–water partition coefficient (Wildman–Crippen LogP) is 6.02. The minimum absolute atomic E-state index is 0.0459. The number of aliphatic imine (C=N–C) groups is 1. The molecule has 3 nitrogen and oxygen atoms in total. The summed E-state index contributed by atoms with van der Waals surface area (Å²) in [5.74, 6) is -2.18. The first-order valence-electron chi connectivity index (χ1n) is 9.15. The maximum atomic E-state index is 13.9. The van der Waals surface area contributed by atoms with Crippen LogP contribution >= 0.6 is 0 Å². The molecule has 4 rings (SSSR count). The number of rotatable bonds is 1. The van der Waals surface area contributed by atoms with Gasteiger partial charge in [0, 0.05) is 16.5 Å². The highest BCUT2D eigenvalue weighted by Gasteiger charge is 2.47. The summed E-state index contributed by atoms with van der Waals surface area (Å²) in [5, 5.41) is 3.17. The number of anilines is 1. The molecular formula is C20H16F6N2O. The Labute approximate surface area is 161 Å². The number of Topliss-reactive ketones (excluding diaryl/α,β-unsaturated/α-hetero) is 1. The van der Waals surface area contributed by atoms with E-state index in [4.69, 9.17) is 0 Å². The molecule has 1 heterocycles. The largest absolute Gasteiger partial charge is 0.454 e. The Hall–Kier alpha value is -2.58. The van der Waals surface area contributed by atoms with Gasteiger partial charge in [-0.2, -0.15) is 26.3 Å². The van der Waals surface area contributed by atoms with Crippen molar-refractivity contribution in [2.45, 2.75) is 50.1 Å². The monoisotopic (exact) mass is 414 g/mol. The van der Waals surface area contributed by atoms with Crippen molar-refractivity contribution >= 4 is 28.0 Å². The van der Waals surface area contributed by atoms with Crippen molar-refractivity contribution in [1.29, 1.82) is 0 Å². The van der Waals surface area contributed by atoms with Crippen molar-refractivity contribution < 1.29 is 31.1 Å². The Balaban J connectivity index is 2.03. The molecule has 1 spiro atoms. The quantitative estimate of drug-likeness (QED) is 0.458. The van der Waals surface area contributed by atoms with Crippen LogP contribution in [0.5, 0.6) is 0 Å². The molecule has 0 atom stereocenters. The molecule has 0 saturated heterocycles. The second-order valence-corrected chi connectivity index (χ2v) is 7.39. The molecule has 0 amide bonds. The molecule has 9 heteroatoms. The topological polar surface area (TPSA) is 41.5 Å². The van der Waals surface area contributed by atoms with E-state index in [0.29, 0.717) is 31.7 Å². The lowest BCUT2D eigenvalue weighted by atomic mass is 9.85. The second kappa shape index (κ2) is 6.47. The fourth-order valence-corrected chi connectivity index (χ4v) is 4.16. The van der Waals surface area contributed by atoms with Crippen molar-refractivity contribution in [3.8, 4) is 0 Å². The zero-order valence-electron chi connectivity index (χ0n) is 15.0. The number of alkyl halides is 6. The van der Waals surface area contributed by atoms with Gasteiger partial charge in [-0.15, -0.1) is 0 Å². The Morgan fingerprint density at radius 1 is 0.966 bits per heavy atom. The third kappa shape index (κ3) is 3.36. The van der Waals surface area contributed by atoms with E-state index < -0.39 is 40.6 Å². The predicted molar refractivity (Wildman–Crippen MR) is 96.4 cm³/mol. The molecule has 1 fully saturated rings. The average Bonchev–Trinajstić information content (AvgIpc) is 2.66. The Bertz CT molecular complexity index is 1020. The number of halogens is 6. The van der Waals surface area contributed by atoms with Crippen LogP contribution in [-0.4, -0.2) is 29.5 Å². The summed E-state index contributed by atoms with van der Waals surface area (Å²) in [7, 11) is 0. The summed E-state index contributed by atoms with van der Waals surface area (Å²) in [5.41, 5.74) is -3.65. The Morgan fingerprint density at radius 2 is 1.59 bits per heavy atom. The van der Waals surface area contributed by atoms with Gasteiger partial charge in [0.15, 0.2) is 5.71 Å². The zero-order chi connectivity index (χ0) is 21.0. The van der Waals surface area contributed by atoms with Gasteiger partial charge in [0.2, 0.25) is 0 Å². The Kier molecular flexibility index (Phi) is 4.40. The van der Waals surface area contributed by atoms with Gasteiger partial charge < -0.3 is 5.32 Å². The van der Waals surface area contributed by atoms with Crippen molar-refractivity contribution in [3.63, 3.8) is 0 Å². The standard InChI is InChI=1S/C20H16F6N2O/c21-19(22,23)16-14-10-13(17(29)20(24,25)26)11-6-2-3-7-12(11)15(14)27-18(28-16)8-4-1-5-9-18/h2-3,6-7,10,27H,1,4-5,8-9H2. The van der Waals surface area contributed by atoms with E-state index in [2.05, 4.69) is 10.3 Å². The maximum Gasteiger partial charge on any atom is 0.454 e. The molecule has 0 radical (unpaired) electrons. The van der Waals surface area contributed by atoms with Crippen LogP contribution in [0.2, 0.25) is 0 Å². The highest BCUT2D eigenvalue weighted by Crippen LogP contribution is 2.45. The molecule has 0 bridgehead atoms. The number of fused-ring (bicyclic) bond motifs is 3. The van der Waals surface area contributed by atoms with Gasteiger partial charge in [-0.3, -0.25) is 9.79 Å². The van der Waals surface area contributed by atoms with E-state index in [0.717, 1.165) is 6.42 Å². The normalized spacial score (nSPS) is 18.9.